The SMILES string of the molecule is CC(C)OC1=NNC(=O)C1=Cc1cc[nH]c1. The summed E-state index contributed by atoms with van der Waals surface area (Å²) in [4.78, 5) is 14.4. The fourth-order valence-electron chi connectivity index (χ4n) is 1.35. The number of ether oxygens (including phenoxy) is 1. The lowest BCUT2D eigenvalue weighted by Crippen LogP contribution is -2.16. The number of aromatic amines is 1. The molecule has 84 valence electrons. The van der Waals surface area contributed by atoms with Gasteiger partial charge in [-0.2, -0.15) is 0 Å². The molecule has 2 rings (SSSR count). The van der Waals surface area contributed by atoms with Crippen molar-refractivity contribution in [3.63, 3.8) is 0 Å². The number of hydrogen-bond donors (Lipinski definition) is 2. The summed E-state index contributed by atoms with van der Waals surface area (Å²) in [6.07, 6.45) is 5.31. The smallest absolute Gasteiger partial charge is 0.277 e. The Morgan fingerprint density at radius 2 is 2.31 bits per heavy atom. The molecule has 0 unspecified atom stereocenters. The number of amides is 1. The average Bonchev–Trinajstić information content (AvgIpc) is 2.82. The van der Waals surface area contributed by atoms with Crippen LogP contribution in [0.15, 0.2) is 29.1 Å². The van der Waals surface area contributed by atoms with Gasteiger partial charge in [0.05, 0.1) is 6.10 Å². The first-order valence-corrected chi connectivity index (χ1v) is 5.06. The van der Waals surface area contributed by atoms with Gasteiger partial charge in [0.1, 0.15) is 5.57 Å². The maximum Gasteiger partial charge on any atom is 0.277 e. The lowest BCUT2D eigenvalue weighted by molar-refractivity contribution is -0.116. The first kappa shape index (κ1) is 10.5. The monoisotopic (exact) mass is 219 g/mol. The summed E-state index contributed by atoms with van der Waals surface area (Å²) in [7, 11) is 0. The zero-order valence-corrected chi connectivity index (χ0v) is 9.15. The first-order chi connectivity index (χ1) is 7.66. The number of rotatable bonds is 2. The van der Waals surface area contributed by atoms with E-state index < -0.39 is 0 Å². The maximum atomic E-state index is 11.5. The van der Waals surface area contributed by atoms with E-state index in [1.54, 1.807) is 18.5 Å². The predicted molar refractivity (Wildman–Crippen MR) is 60.6 cm³/mol. The molecule has 0 spiro atoms. The number of carbonyl (C=O) groups is 1. The van der Waals surface area contributed by atoms with Crippen LogP contribution < -0.4 is 5.43 Å². The summed E-state index contributed by atoms with van der Waals surface area (Å²) in [5, 5.41) is 3.84. The van der Waals surface area contributed by atoms with Gasteiger partial charge >= 0.3 is 0 Å². The molecule has 0 saturated heterocycles. The minimum atomic E-state index is -0.239. The standard InChI is InChI=1S/C11H13N3O2/c1-7(2)16-11-9(10(15)13-14-11)5-8-3-4-12-6-8/h3-7,12H,1-2H3,(H,13,15). The van der Waals surface area contributed by atoms with E-state index in [2.05, 4.69) is 15.5 Å². The Morgan fingerprint density at radius 3 is 2.94 bits per heavy atom. The van der Waals surface area contributed by atoms with Crippen molar-refractivity contribution in [2.75, 3.05) is 0 Å². The number of hydrazone groups is 1. The van der Waals surface area contributed by atoms with E-state index in [0.29, 0.717) is 11.5 Å². The molecule has 16 heavy (non-hydrogen) atoms. The molecule has 0 atom stereocenters. The normalized spacial score (nSPS) is 17.8. The molecule has 0 radical (unpaired) electrons. The average molecular weight is 219 g/mol. The molecule has 0 aliphatic carbocycles. The first-order valence-electron chi connectivity index (χ1n) is 5.06. The molecule has 1 aromatic heterocycles. The highest BCUT2D eigenvalue weighted by Gasteiger charge is 2.24. The molecule has 5 nitrogen and oxygen atoms in total. The molecular formula is C11H13N3O2. The number of nitrogens with one attached hydrogen (secondary N) is 2. The molecule has 1 aliphatic heterocycles. The molecule has 2 heterocycles. The second-order valence-electron chi connectivity index (χ2n) is 3.73. The third-order valence-electron chi connectivity index (χ3n) is 2.01. The van der Waals surface area contributed by atoms with E-state index in [0.717, 1.165) is 5.56 Å². The maximum absolute atomic E-state index is 11.5. The largest absolute Gasteiger partial charge is 0.473 e. The number of hydrogen-bond acceptors (Lipinski definition) is 3. The van der Waals surface area contributed by atoms with E-state index in [1.165, 1.54) is 0 Å². The van der Waals surface area contributed by atoms with Crippen LogP contribution in [0.2, 0.25) is 0 Å². The van der Waals surface area contributed by atoms with Crippen molar-refractivity contribution in [1.29, 1.82) is 0 Å². The van der Waals surface area contributed by atoms with Crippen molar-refractivity contribution < 1.29 is 9.53 Å². The third kappa shape index (κ3) is 2.13. The summed E-state index contributed by atoms with van der Waals surface area (Å²) in [6, 6.07) is 1.87. The molecule has 5 heteroatoms. The van der Waals surface area contributed by atoms with Gasteiger partial charge in [0.15, 0.2) is 0 Å². The highest BCUT2D eigenvalue weighted by Crippen LogP contribution is 2.13. The van der Waals surface area contributed by atoms with Gasteiger partial charge in [-0.25, -0.2) is 5.43 Å². The lowest BCUT2D eigenvalue weighted by atomic mass is 10.2. The lowest BCUT2D eigenvalue weighted by Gasteiger charge is -2.08. The Hall–Kier alpha value is -2.04. The van der Waals surface area contributed by atoms with E-state index in [9.17, 15) is 4.79 Å². The van der Waals surface area contributed by atoms with Crippen LogP contribution in [0.3, 0.4) is 0 Å². The second-order valence-corrected chi connectivity index (χ2v) is 3.73. The van der Waals surface area contributed by atoms with Crippen LogP contribution in [-0.4, -0.2) is 22.9 Å². The number of aromatic nitrogens is 1. The van der Waals surface area contributed by atoms with Gasteiger partial charge in [-0.15, -0.1) is 5.10 Å². The predicted octanol–water partition coefficient (Wildman–Crippen LogP) is 1.27. The van der Waals surface area contributed by atoms with Crippen LogP contribution in [0, 0.1) is 0 Å². The van der Waals surface area contributed by atoms with Crippen molar-refractivity contribution >= 4 is 17.9 Å². The zero-order chi connectivity index (χ0) is 11.5. The summed E-state index contributed by atoms with van der Waals surface area (Å²) in [5.41, 5.74) is 3.74. The molecule has 0 fully saturated rings. The molecule has 1 amide bonds. The molecule has 0 saturated carbocycles. The van der Waals surface area contributed by atoms with Crippen LogP contribution in [-0.2, 0) is 9.53 Å². The van der Waals surface area contributed by atoms with Gasteiger partial charge in [0.25, 0.3) is 5.91 Å². The summed E-state index contributed by atoms with van der Waals surface area (Å²) in [5.74, 6) is 0.109. The molecular weight excluding hydrogens is 206 g/mol. The molecule has 2 N–H and O–H groups in total. The van der Waals surface area contributed by atoms with Crippen molar-refractivity contribution in [3.05, 3.63) is 29.6 Å². The third-order valence-corrected chi connectivity index (χ3v) is 2.01. The van der Waals surface area contributed by atoms with Crippen LogP contribution in [0.5, 0.6) is 0 Å². The quantitative estimate of drug-likeness (QED) is 0.735. The topological polar surface area (TPSA) is 66.5 Å². The van der Waals surface area contributed by atoms with E-state index in [1.807, 2.05) is 19.9 Å². The Kier molecular flexibility index (Phi) is 2.76. The summed E-state index contributed by atoms with van der Waals surface area (Å²) in [6.45, 7) is 3.78. The van der Waals surface area contributed by atoms with Gasteiger partial charge in [0, 0.05) is 12.4 Å². The zero-order valence-electron chi connectivity index (χ0n) is 9.15. The minimum absolute atomic E-state index is 0.0129. The van der Waals surface area contributed by atoms with Crippen LogP contribution >= 0.6 is 0 Å². The van der Waals surface area contributed by atoms with Crippen molar-refractivity contribution in [2.45, 2.75) is 20.0 Å². The minimum Gasteiger partial charge on any atom is -0.473 e. The summed E-state index contributed by atoms with van der Waals surface area (Å²) < 4.78 is 5.43. The Morgan fingerprint density at radius 1 is 1.50 bits per heavy atom. The second kappa shape index (κ2) is 4.22. The van der Waals surface area contributed by atoms with Gasteiger partial charge in [-0.05, 0) is 31.6 Å². The van der Waals surface area contributed by atoms with E-state index >= 15 is 0 Å². The van der Waals surface area contributed by atoms with Crippen molar-refractivity contribution in [1.82, 2.24) is 10.4 Å². The van der Waals surface area contributed by atoms with E-state index in [4.69, 9.17) is 4.74 Å². The summed E-state index contributed by atoms with van der Waals surface area (Å²) >= 11 is 0. The highest BCUT2D eigenvalue weighted by molar-refractivity contribution is 6.24. The van der Waals surface area contributed by atoms with Gasteiger partial charge in [-0.3, -0.25) is 4.79 Å². The molecule has 1 aliphatic rings. The van der Waals surface area contributed by atoms with E-state index in [-0.39, 0.29) is 12.0 Å². The van der Waals surface area contributed by atoms with Crippen LogP contribution in [0.25, 0.3) is 6.08 Å². The van der Waals surface area contributed by atoms with Gasteiger partial charge < -0.3 is 9.72 Å². The molecule has 1 aromatic rings. The molecule has 0 aromatic carbocycles. The Bertz CT molecular complexity index is 444. The Labute approximate surface area is 93.2 Å². The van der Waals surface area contributed by atoms with Crippen LogP contribution in [0.1, 0.15) is 19.4 Å². The number of H-pyrrole nitrogens is 1. The number of carbonyl (C=O) groups excluding carboxylic acids is 1. The fourth-order valence-corrected chi connectivity index (χ4v) is 1.35. The number of nitrogens with zero attached hydrogens (tertiary/aromatic N) is 1. The van der Waals surface area contributed by atoms with Gasteiger partial charge in [-0.1, -0.05) is 0 Å². The fraction of sp³-hybridized carbons (Fsp3) is 0.273. The molecule has 0 bridgehead atoms. The Balaban J connectivity index is 2.24. The highest BCUT2D eigenvalue weighted by atomic mass is 16.5. The van der Waals surface area contributed by atoms with Crippen LogP contribution in [0.4, 0.5) is 0 Å². The van der Waals surface area contributed by atoms with Gasteiger partial charge in [0.2, 0.25) is 5.90 Å². The van der Waals surface area contributed by atoms with Crippen molar-refractivity contribution in [3.8, 4) is 0 Å². The van der Waals surface area contributed by atoms with Crippen molar-refractivity contribution in [2.24, 2.45) is 5.10 Å².